The maximum atomic E-state index is 12.7. The van der Waals surface area contributed by atoms with Crippen molar-refractivity contribution in [3.8, 4) is 0 Å². The van der Waals surface area contributed by atoms with Crippen LogP contribution in [0.2, 0.25) is 5.02 Å². The molecule has 4 rings (SSSR count). The van der Waals surface area contributed by atoms with E-state index < -0.39 is 18.5 Å². The number of aryl methyl sites for hydroxylation is 2. The fourth-order valence-electron chi connectivity index (χ4n) is 3.03. The van der Waals surface area contributed by atoms with Gasteiger partial charge in [0, 0.05) is 22.3 Å². The normalized spacial score (nSPS) is 13.5. The SMILES string of the molecule is Cc1cc(Cl)ccc1NC(=O)COC(=O)c1cc(C2CC2)nc2onc(C)c12. The van der Waals surface area contributed by atoms with Gasteiger partial charge in [-0.2, -0.15) is 0 Å². The van der Waals surface area contributed by atoms with Gasteiger partial charge >= 0.3 is 5.97 Å². The van der Waals surface area contributed by atoms with Crippen molar-refractivity contribution < 1.29 is 18.8 Å². The number of fused-ring (bicyclic) bond motifs is 1. The summed E-state index contributed by atoms with van der Waals surface area (Å²) in [5.41, 5.74) is 3.41. The lowest BCUT2D eigenvalue weighted by molar-refractivity contribution is -0.119. The van der Waals surface area contributed by atoms with Crippen molar-refractivity contribution in [2.45, 2.75) is 32.6 Å². The molecule has 144 valence electrons. The summed E-state index contributed by atoms with van der Waals surface area (Å²) in [5, 5.41) is 7.70. The van der Waals surface area contributed by atoms with Crippen LogP contribution in [0.25, 0.3) is 11.1 Å². The molecule has 2 heterocycles. The molecule has 1 aromatic carbocycles. The fraction of sp³-hybridized carbons (Fsp3) is 0.300. The summed E-state index contributed by atoms with van der Waals surface area (Å²) in [6.45, 7) is 3.15. The number of amides is 1. The number of carbonyl (C=O) groups excluding carboxylic acids is 2. The average molecular weight is 400 g/mol. The molecule has 0 spiro atoms. The summed E-state index contributed by atoms with van der Waals surface area (Å²) in [6.07, 6.45) is 2.06. The number of benzene rings is 1. The van der Waals surface area contributed by atoms with Crippen molar-refractivity contribution in [3.63, 3.8) is 0 Å². The molecule has 0 unspecified atom stereocenters. The zero-order chi connectivity index (χ0) is 19.8. The Morgan fingerprint density at radius 3 is 2.79 bits per heavy atom. The molecule has 0 bridgehead atoms. The molecule has 3 aromatic rings. The van der Waals surface area contributed by atoms with Crippen LogP contribution in [-0.4, -0.2) is 28.6 Å². The smallest absolute Gasteiger partial charge is 0.339 e. The van der Waals surface area contributed by atoms with E-state index >= 15 is 0 Å². The van der Waals surface area contributed by atoms with Crippen molar-refractivity contribution in [1.82, 2.24) is 10.1 Å². The van der Waals surface area contributed by atoms with E-state index in [0.717, 1.165) is 24.1 Å². The molecule has 1 aliphatic carbocycles. The molecule has 0 radical (unpaired) electrons. The van der Waals surface area contributed by atoms with Crippen LogP contribution in [0.4, 0.5) is 5.69 Å². The number of rotatable bonds is 5. The highest BCUT2D eigenvalue weighted by Crippen LogP contribution is 2.40. The standard InChI is InChI=1S/C20H18ClN3O4/c1-10-7-13(21)5-6-15(10)22-17(25)9-27-20(26)14-8-16(12-3-4-12)23-19-18(14)11(2)24-28-19/h5-8,12H,3-4,9H2,1-2H3,(H,22,25). The summed E-state index contributed by atoms with van der Waals surface area (Å²) >= 11 is 5.91. The van der Waals surface area contributed by atoms with Gasteiger partial charge in [0.05, 0.1) is 16.6 Å². The van der Waals surface area contributed by atoms with E-state index in [1.165, 1.54) is 0 Å². The minimum Gasteiger partial charge on any atom is -0.452 e. The molecule has 1 N–H and O–H groups in total. The molecule has 28 heavy (non-hydrogen) atoms. The van der Waals surface area contributed by atoms with Crippen molar-refractivity contribution in [2.24, 2.45) is 0 Å². The lowest BCUT2D eigenvalue weighted by Crippen LogP contribution is -2.21. The second-order valence-electron chi connectivity index (χ2n) is 6.90. The first-order chi connectivity index (χ1) is 13.4. The number of hydrogen-bond acceptors (Lipinski definition) is 6. The van der Waals surface area contributed by atoms with E-state index in [1.807, 2.05) is 6.92 Å². The third-order valence-corrected chi connectivity index (χ3v) is 4.88. The Hall–Kier alpha value is -2.93. The van der Waals surface area contributed by atoms with Crippen LogP contribution >= 0.6 is 11.6 Å². The summed E-state index contributed by atoms with van der Waals surface area (Å²) < 4.78 is 10.5. The number of anilines is 1. The van der Waals surface area contributed by atoms with Crippen LogP contribution in [-0.2, 0) is 9.53 Å². The molecule has 2 aromatic heterocycles. The number of esters is 1. The summed E-state index contributed by atoms with van der Waals surface area (Å²) in [7, 11) is 0. The van der Waals surface area contributed by atoms with Gasteiger partial charge in [-0.15, -0.1) is 0 Å². The molecule has 1 saturated carbocycles. The lowest BCUT2D eigenvalue weighted by Gasteiger charge is -2.10. The van der Waals surface area contributed by atoms with Crippen molar-refractivity contribution in [2.75, 3.05) is 11.9 Å². The third kappa shape index (κ3) is 3.71. The first-order valence-electron chi connectivity index (χ1n) is 8.92. The molecular weight excluding hydrogens is 382 g/mol. The lowest BCUT2D eigenvalue weighted by atomic mass is 10.1. The van der Waals surface area contributed by atoms with Crippen LogP contribution in [0.5, 0.6) is 0 Å². The van der Waals surface area contributed by atoms with Gasteiger partial charge in [0.25, 0.3) is 11.6 Å². The van der Waals surface area contributed by atoms with Crippen LogP contribution < -0.4 is 5.32 Å². The van der Waals surface area contributed by atoms with Crippen molar-refractivity contribution >= 4 is 40.3 Å². The van der Waals surface area contributed by atoms with Crippen LogP contribution in [0.3, 0.4) is 0 Å². The molecule has 0 aliphatic heterocycles. The number of carbonyl (C=O) groups is 2. The number of pyridine rings is 1. The third-order valence-electron chi connectivity index (χ3n) is 4.65. The number of aromatic nitrogens is 2. The Balaban J connectivity index is 1.49. The number of nitrogens with one attached hydrogen (secondary N) is 1. The number of nitrogens with zero attached hydrogens (tertiary/aromatic N) is 2. The van der Waals surface area contributed by atoms with Crippen LogP contribution in [0.15, 0.2) is 28.8 Å². The van der Waals surface area contributed by atoms with E-state index in [-0.39, 0.29) is 0 Å². The highest BCUT2D eigenvalue weighted by Gasteiger charge is 2.29. The predicted molar refractivity (Wildman–Crippen MR) is 104 cm³/mol. The quantitative estimate of drug-likeness (QED) is 0.647. The van der Waals surface area contributed by atoms with Gasteiger partial charge < -0.3 is 14.6 Å². The molecule has 8 heteroatoms. The first-order valence-corrected chi connectivity index (χ1v) is 9.30. The maximum absolute atomic E-state index is 12.7. The van der Waals surface area contributed by atoms with Gasteiger partial charge in [-0.25, -0.2) is 9.78 Å². The molecule has 0 saturated heterocycles. The van der Waals surface area contributed by atoms with Crippen LogP contribution in [0.1, 0.15) is 46.1 Å². The van der Waals surface area contributed by atoms with E-state index in [2.05, 4.69) is 15.5 Å². The monoisotopic (exact) mass is 399 g/mol. The van der Waals surface area contributed by atoms with Gasteiger partial charge in [-0.05, 0) is 56.5 Å². The largest absolute Gasteiger partial charge is 0.452 e. The maximum Gasteiger partial charge on any atom is 0.339 e. The zero-order valence-electron chi connectivity index (χ0n) is 15.4. The van der Waals surface area contributed by atoms with E-state index in [0.29, 0.717) is 39.0 Å². The number of hydrogen-bond donors (Lipinski definition) is 1. The topological polar surface area (TPSA) is 94.3 Å². The van der Waals surface area contributed by atoms with Gasteiger partial charge in [-0.3, -0.25) is 4.79 Å². The highest BCUT2D eigenvalue weighted by atomic mass is 35.5. The first kappa shape index (κ1) is 18.4. The molecule has 0 atom stereocenters. The van der Waals surface area contributed by atoms with Crippen LogP contribution in [0, 0.1) is 13.8 Å². The van der Waals surface area contributed by atoms with E-state index in [4.69, 9.17) is 20.9 Å². The average Bonchev–Trinajstić information content (AvgIpc) is 3.45. The molecule has 1 fully saturated rings. The number of ether oxygens (including phenoxy) is 1. The Bertz CT molecular complexity index is 1090. The van der Waals surface area contributed by atoms with E-state index in [1.54, 1.807) is 31.2 Å². The van der Waals surface area contributed by atoms with Gasteiger partial charge in [0.2, 0.25) is 0 Å². The van der Waals surface area contributed by atoms with Gasteiger partial charge in [-0.1, -0.05) is 16.8 Å². The summed E-state index contributed by atoms with van der Waals surface area (Å²) in [6, 6.07) is 6.84. The molecular formula is C20H18ClN3O4. The second-order valence-corrected chi connectivity index (χ2v) is 7.34. The Morgan fingerprint density at radius 1 is 1.29 bits per heavy atom. The van der Waals surface area contributed by atoms with Gasteiger partial charge in [0.1, 0.15) is 0 Å². The summed E-state index contributed by atoms with van der Waals surface area (Å²) in [5.74, 6) is -0.713. The second kappa shape index (κ2) is 7.24. The number of halogens is 1. The molecule has 1 amide bonds. The van der Waals surface area contributed by atoms with E-state index in [9.17, 15) is 9.59 Å². The molecule has 1 aliphatic rings. The zero-order valence-corrected chi connectivity index (χ0v) is 16.2. The Morgan fingerprint density at radius 2 is 2.07 bits per heavy atom. The predicted octanol–water partition coefficient (Wildman–Crippen LogP) is 4.17. The van der Waals surface area contributed by atoms with Crippen molar-refractivity contribution in [3.05, 3.63) is 51.8 Å². The Kier molecular flexibility index (Phi) is 4.77. The van der Waals surface area contributed by atoms with Crippen molar-refractivity contribution in [1.29, 1.82) is 0 Å². The highest BCUT2D eigenvalue weighted by molar-refractivity contribution is 6.30. The Labute approximate surface area is 166 Å². The fourth-order valence-corrected chi connectivity index (χ4v) is 3.25. The van der Waals surface area contributed by atoms with Gasteiger partial charge in [0.15, 0.2) is 6.61 Å². The minimum atomic E-state index is -0.608. The summed E-state index contributed by atoms with van der Waals surface area (Å²) in [4.78, 5) is 29.3. The molecule has 7 nitrogen and oxygen atoms in total. The minimum absolute atomic E-state index is 0.315.